The predicted octanol–water partition coefficient (Wildman–Crippen LogP) is 6.15. The molecule has 0 bridgehead atoms. The monoisotopic (exact) mass is 629 g/mol. The summed E-state index contributed by atoms with van der Waals surface area (Å²) in [4.78, 5) is 27.8. The van der Waals surface area contributed by atoms with Crippen molar-refractivity contribution in [1.82, 2.24) is 10.2 Å². The summed E-state index contributed by atoms with van der Waals surface area (Å²) in [5.74, 6) is -1.26. The van der Waals surface area contributed by atoms with E-state index in [1.165, 1.54) is 29.2 Å². The van der Waals surface area contributed by atoms with Gasteiger partial charge in [-0.1, -0.05) is 60.5 Å². The van der Waals surface area contributed by atoms with Crippen molar-refractivity contribution in [2.24, 2.45) is 0 Å². The second-order valence-corrected chi connectivity index (χ2v) is 11.7. The molecular weight excluding hydrogens is 602 g/mol. The van der Waals surface area contributed by atoms with Crippen molar-refractivity contribution in [3.05, 3.63) is 94.0 Å². The fourth-order valence-corrected chi connectivity index (χ4v) is 5.91. The number of anilines is 1. The summed E-state index contributed by atoms with van der Waals surface area (Å²) in [5.41, 5.74) is -1.07. The Kier molecular flexibility index (Phi) is 10.7. The Hall–Kier alpha value is -3.28. The van der Waals surface area contributed by atoms with Crippen molar-refractivity contribution < 1.29 is 31.2 Å². The molecule has 13 heteroatoms. The summed E-state index contributed by atoms with van der Waals surface area (Å²) >= 11 is 11.8. The second kappa shape index (κ2) is 13.6. The maximum Gasteiger partial charge on any atom is 0.417 e. The normalized spacial score (nSPS) is 12.5. The number of nitrogens with zero attached hydrogens (tertiary/aromatic N) is 2. The molecule has 0 aliphatic rings. The first-order valence-electron chi connectivity index (χ1n) is 12.6. The Balaban J connectivity index is 2.13. The van der Waals surface area contributed by atoms with E-state index in [-0.39, 0.29) is 24.4 Å². The number of nitrogens with one attached hydrogen (secondary N) is 1. The highest BCUT2D eigenvalue weighted by atomic mass is 35.5. The summed E-state index contributed by atoms with van der Waals surface area (Å²) in [6, 6.07) is 15.1. The maximum atomic E-state index is 13.9. The standard InChI is InChI=1S/C28H28Cl2F3N3O4S/c1-3-25(27(38)34-4-2)35(17-19-10-12-20(29)13-11-19)26(37)18-36(41(39,40)22-8-6-5-7-9-22)21-14-15-24(30)23(16-21)28(31,32)33/h5-16,25H,3-4,17-18H2,1-2H3,(H,34,38)/t25-/m0/s1. The Morgan fingerprint density at radius 1 is 0.951 bits per heavy atom. The van der Waals surface area contributed by atoms with Gasteiger partial charge in [0.25, 0.3) is 10.0 Å². The van der Waals surface area contributed by atoms with Crippen molar-refractivity contribution in [2.75, 3.05) is 17.4 Å². The molecule has 3 rings (SSSR count). The highest BCUT2D eigenvalue weighted by Crippen LogP contribution is 2.38. The number of rotatable bonds is 11. The molecule has 0 aromatic heterocycles. The van der Waals surface area contributed by atoms with Crippen LogP contribution in [0.2, 0.25) is 10.0 Å². The first-order valence-corrected chi connectivity index (χ1v) is 14.7. The van der Waals surface area contributed by atoms with E-state index >= 15 is 0 Å². The zero-order valence-corrected chi connectivity index (χ0v) is 24.5. The molecule has 0 saturated heterocycles. The zero-order chi connectivity index (χ0) is 30.4. The van der Waals surface area contributed by atoms with Gasteiger partial charge in [0.1, 0.15) is 12.6 Å². The molecule has 0 fully saturated rings. The van der Waals surface area contributed by atoms with Crippen LogP contribution in [0.4, 0.5) is 18.9 Å². The Labute approximate surface area is 246 Å². The van der Waals surface area contributed by atoms with Gasteiger partial charge in [-0.3, -0.25) is 13.9 Å². The van der Waals surface area contributed by atoms with Gasteiger partial charge in [-0.05, 0) is 61.4 Å². The van der Waals surface area contributed by atoms with Crippen LogP contribution < -0.4 is 9.62 Å². The van der Waals surface area contributed by atoms with E-state index in [4.69, 9.17) is 23.2 Å². The van der Waals surface area contributed by atoms with Gasteiger partial charge >= 0.3 is 6.18 Å². The second-order valence-electron chi connectivity index (χ2n) is 8.95. The molecule has 3 aromatic carbocycles. The third-order valence-corrected chi connectivity index (χ3v) is 8.53. The molecule has 1 atom stereocenters. The number of carbonyl (C=O) groups is 2. The number of halogens is 5. The topological polar surface area (TPSA) is 86.8 Å². The fraction of sp³-hybridized carbons (Fsp3) is 0.286. The fourth-order valence-electron chi connectivity index (χ4n) is 4.13. The van der Waals surface area contributed by atoms with Gasteiger partial charge in [-0.25, -0.2) is 8.42 Å². The summed E-state index contributed by atoms with van der Waals surface area (Å²) in [6.45, 7) is 2.72. The molecule has 0 aliphatic carbocycles. The van der Waals surface area contributed by atoms with Crippen molar-refractivity contribution in [2.45, 2.75) is 43.9 Å². The van der Waals surface area contributed by atoms with Gasteiger partial charge in [0.2, 0.25) is 11.8 Å². The molecule has 0 spiro atoms. The molecule has 3 aromatic rings. The lowest BCUT2D eigenvalue weighted by Crippen LogP contribution is -2.52. The minimum atomic E-state index is -4.88. The maximum absolute atomic E-state index is 13.9. The molecule has 0 unspecified atom stereocenters. The number of sulfonamides is 1. The van der Waals surface area contributed by atoms with Gasteiger partial charge in [0.15, 0.2) is 0 Å². The highest BCUT2D eigenvalue weighted by molar-refractivity contribution is 7.92. The molecule has 41 heavy (non-hydrogen) atoms. The van der Waals surface area contributed by atoms with Gasteiger partial charge < -0.3 is 10.2 Å². The van der Waals surface area contributed by atoms with Crippen molar-refractivity contribution in [3.8, 4) is 0 Å². The molecule has 2 amide bonds. The lowest BCUT2D eigenvalue weighted by molar-refractivity contribution is -0.140. The van der Waals surface area contributed by atoms with E-state index < -0.39 is 56.9 Å². The molecule has 7 nitrogen and oxygen atoms in total. The van der Waals surface area contributed by atoms with Gasteiger partial charge in [0.05, 0.1) is 21.2 Å². The van der Waals surface area contributed by atoms with Crippen LogP contribution in [0.15, 0.2) is 77.7 Å². The van der Waals surface area contributed by atoms with Crippen molar-refractivity contribution >= 4 is 50.7 Å². The number of likely N-dealkylation sites (N-methyl/N-ethyl adjacent to an activating group) is 1. The van der Waals surface area contributed by atoms with Crippen molar-refractivity contribution in [1.29, 1.82) is 0 Å². The molecule has 220 valence electrons. The first-order chi connectivity index (χ1) is 19.3. The first kappa shape index (κ1) is 32.2. The molecule has 0 aliphatic heterocycles. The third-order valence-electron chi connectivity index (χ3n) is 6.16. The lowest BCUT2D eigenvalue weighted by Gasteiger charge is -2.33. The van der Waals surface area contributed by atoms with E-state index in [1.54, 1.807) is 44.2 Å². The van der Waals surface area contributed by atoms with Gasteiger partial charge in [-0.2, -0.15) is 13.2 Å². The summed E-state index contributed by atoms with van der Waals surface area (Å²) in [5, 5.41) is 2.49. The average Bonchev–Trinajstić information content (AvgIpc) is 2.93. The number of hydrogen-bond donors (Lipinski definition) is 1. The minimum absolute atomic E-state index is 0.0840. The van der Waals surface area contributed by atoms with Crippen LogP contribution in [0.5, 0.6) is 0 Å². The largest absolute Gasteiger partial charge is 0.417 e. The van der Waals surface area contributed by atoms with Crippen LogP contribution in [-0.2, 0) is 32.3 Å². The van der Waals surface area contributed by atoms with Gasteiger partial charge in [0, 0.05) is 18.1 Å². The quantitative estimate of drug-likeness (QED) is 0.276. The van der Waals surface area contributed by atoms with Crippen LogP contribution in [0.1, 0.15) is 31.4 Å². The van der Waals surface area contributed by atoms with E-state index in [1.807, 2.05) is 0 Å². The molecular formula is C28H28Cl2F3N3O4S. The number of benzene rings is 3. The van der Waals surface area contributed by atoms with Crippen LogP contribution in [-0.4, -0.2) is 44.3 Å². The Bertz CT molecular complexity index is 1470. The highest BCUT2D eigenvalue weighted by Gasteiger charge is 2.37. The number of alkyl halides is 3. The smallest absolute Gasteiger partial charge is 0.355 e. The Morgan fingerprint density at radius 3 is 2.15 bits per heavy atom. The van der Waals surface area contributed by atoms with Gasteiger partial charge in [-0.15, -0.1) is 0 Å². The average molecular weight is 631 g/mol. The lowest BCUT2D eigenvalue weighted by atomic mass is 10.1. The molecule has 0 radical (unpaired) electrons. The van der Waals surface area contributed by atoms with E-state index in [0.29, 0.717) is 21.0 Å². The van der Waals surface area contributed by atoms with Crippen LogP contribution >= 0.6 is 23.2 Å². The van der Waals surface area contributed by atoms with E-state index in [2.05, 4.69) is 5.32 Å². The molecule has 0 heterocycles. The van der Waals surface area contributed by atoms with Crippen LogP contribution in [0, 0.1) is 0 Å². The predicted molar refractivity (Wildman–Crippen MR) is 152 cm³/mol. The summed E-state index contributed by atoms with van der Waals surface area (Å²) in [6.07, 6.45) is -4.69. The summed E-state index contributed by atoms with van der Waals surface area (Å²) < 4.78 is 69.2. The number of carbonyl (C=O) groups excluding carboxylic acids is 2. The summed E-state index contributed by atoms with van der Waals surface area (Å²) in [7, 11) is -4.54. The molecule has 1 N–H and O–H groups in total. The molecule has 0 saturated carbocycles. The SMILES string of the molecule is CCNC(=O)[C@H](CC)N(Cc1ccc(Cl)cc1)C(=O)CN(c1ccc(Cl)c(C(F)(F)F)c1)S(=O)(=O)c1ccccc1. The Morgan fingerprint density at radius 2 is 1.59 bits per heavy atom. The van der Waals surface area contributed by atoms with Crippen LogP contribution in [0.3, 0.4) is 0 Å². The number of amides is 2. The third kappa shape index (κ3) is 7.93. The van der Waals surface area contributed by atoms with E-state index in [9.17, 15) is 31.2 Å². The van der Waals surface area contributed by atoms with E-state index in [0.717, 1.165) is 12.1 Å². The van der Waals surface area contributed by atoms with Crippen molar-refractivity contribution in [3.63, 3.8) is 0 Å². The van der Waals surface area contributed by atoms with Crippen LogP contribution in [0.25, 0.3) is 0 Å². The number of hydrogen-bond acceptors (Lipinski definition) is 4. The minimum Gasteiger partial charge on any atom is -0.355 e. The zero-order valence-electron chi connectivity index (χ0n) is 22.2.